The molecule has 1 aliphatic rings. The molecule has 6 heteroatoms. The summed E-state index contributed by atoms with van der Waals surface area (Å²) in [7, 11) is 0. The zero-order valence-corrected chi connectivity index (χ0v) is 12.4. The van der Waals surface area contributed by atoms with E-state index in [0.717, 1.165) is 0 Å². The third-order valence-electron chi connectivity index (χ3n) is 3.23. The van der Waals surface area contributed by atoms with Gasteiger partial charge in [0.25, 0.3) is 0 Å². The van der Waals surface area contributed by atoms with Gasteiger partial charge in [-0.05, 0) is 20.8 Å². The number of aliphatic hydroxyl groups is 1. The van der Waals surface area contributed by atoms with Crippen molar-refractivity contribution in [1.29, 1.82) is 0 Å². The van der Waals surface area contributed by atoms with Crippen LogP contribution in [0.4, 0.5) is 0 Å². The predicted molar refractivity (Wildman–Crippen MR) is 71.2 cm³/mol. The molecule has 0 spiro atoms. The van der Waals surface area contributed by atoms with Gasteiger partial charge in [-0.25, -0.2) is 0 Å². The quantitative estimate of drug-likeness (QED) is 0.548. The first kappa shape index (κ1) is 17.1. The first-order valence-corrected chi connectivity index (χ1v) is 7.00. The third-order valence-corrected chi connectivity index (χ3v) is 3.23. The van der Waals surface area contributed by atoms with Gasteiger partial charge in [0.15, 0.2) is 11.2 Å². The molecule has 1 aliphatic heterocycles. The van der Waals surface area contributed by atoms with Gasteiger partial charge in [-0.1, -0.05) is 0 Å². The number of Topliss-reactive ketones (excluding diaryl/α,β-unsaturated/α-hetero) is 1. The molecule has 2 unspecified atom stereocenters. The van der Waals surface area contributed by atoms with Crippen LogP contribution in [0, 0.1) is 5.41 Å². The molecule has 1 fully saturated rings. The van der Waals surface area contributed by atoms with Crippen molar-refractivity contribution in [3.05, 3.63) is 0 Å². The van der Waals surface area contributed by atoms with E-state index in [2.05, 4.69) is 0 Å². The van der Waals surface area contributed by atoms with Gasteiger partial charge in [0.2, 0.25) is 0 Å². The highest BCUT2D eigenvalue weighted by molar-refractivity contribution is 6.04. The number of carbonyl (C=O) groups excluding carboxylic acids is 2. The topological polar surface area (TPSA) is 82.1 Å². The SMILES string of the molecule is CCOC(=O)C1(CC(O)COC(C)C)COCCC1=O. The molecule has 0 amide bonds. The molecular weight excluding hydrogens is 264 g/mol. The molecule has 20 heavy (non-hydrogen) atoms. The van der Waals surface area contributed by atoms with E-state index in [0.29, 0.717) is 6.61 Å². The molecule has 116 valence electrons. The minimum Gasteiger partial charge on any atom is -0.465 e. The number of hydrogen-bond acceptors (Lipinski definition) is 6. The standard InChI is InChI=1S/C14H24O6/c1-4-19-13(17)14(9-18-6-5-12(14)16)7-11(15)8-20-10(2)3/h10-11,15H,4-9H2,1-3H3. The second-order valence-electron chi connectivity index (χ2n) is 5.27. The van der Waals surface area contributed by atoms with Gasteiger partial charge in [-0.2, -0.15) is 0 Å². The first-order chi connectivity index (χ1) is 9.42. The van der Waals surface area contributed by atoms with Crippen LogP contribution >= 0.6 is 0 Å². The van der Waals surface area contributed by atoms with Gasteiger partial charge in [0.1, 0.15) is 0 Å². The fraction of sp³-hybridized carbons (Fsp3) is 0.857. The molecule has 2 atom stereocenters. The lowest BCUT2D eigenvalue weighted by Crippen LogP contribution is -2.50. The molecule has 1 heterocycles. The van der Waals surface area contributed by atoms with Gasteiger partial charge in [-0.15, -0.1) is 0 Å². The minimum absolute atomic E-state index is 0.0264. The van der Waals surface area contributed by atoms with Crippen molar-refractivity contribution < 1.29 is 28.9 Å². The largest absolute Gasteiger partial charge is 0.465 e. The van der Waals surface area contributed by atoms with E-state index in [1.807, 2.05) is 13.8 Å². The van der Waals surface area contributed by atoms with Gasteiger partial charge in [0, 0.05) is 12.8 Å². The summed E-state index contributed by atoms with van der Waals surface area (Å²) < 4.78 is 15.6. The highest BCUT2D eigenvalue weighted by atomic mass is 16.5. The summed E-state index contributed by atoms with van der Waals surface area (Å²) in [6, 6.07) is 0. The Morgan fingerprint density at radius 1 is 1.50 bits per heavy atom. The lowest BCUT2D eigenvalue weighted by atomic mass is 9.76. The fourth-order valence-corrected chi connectivity index (χ4v) is 2.19. The highest BCUT2D eigenvalue weighted by Crippen LogP contribution is 2.32. The molecule has 0 aliphatic carbocycles. The summed E-state index contributed by atoms with van der Waals surface area (Å²) in [5.41, 5.74) is -1.39. The summed E-state index contributed by atoms with van der Waals surface area (Å²) in [5, 5.41) is 10.0. The number of rotatable bonds is 7. The average Bonchev–Trinajstić information content (AvgIpc) is 2.39. The van der Waals surface area contributed by atoms with Gasteiger partial charge in [0.05, 0.1) is 38.6 Å². The maximum absolute atomic E-state index is 12.2. The number of hydrogen-bond donors (Lipinski definition) is 1. The third kappa shape index (κ3) is 4.26. The van der Waals surface area contributed by atoms with Crippen molar-refractivity contribution >= 4 is 11.8 Å². The van der Waals surface area contributed by atoms with E-state index < -0.39 is 17.5 Å². The van der Waals surface area contributed by atoms with E-state index in [9.17, 15) is 14.7 Å². The van der Waals surface area contributed by atoms with Gasteiger partial charge >= 0.3 is 5.97 Å². The number of carbonyl (C=O) groups is 2. The molecular formula is C14H24O6. The second kappa shape index (κ2) is 7.71. The summed E-state index contributed by atoms with van der Waals surface area (Å²) in [5.74, 6) is -0.848. The van der Waals surface area contributed by atoms with E-state index in [-0.39, 0.29) is 44.5 Å². The molecule has 1 rings (SSSR count). The zero-order valence-electron chi connectivity index (χ0n) is 12.4. The van der Waals surface area contributed by atoms with Crippen LogP contribution in [-0.2, 0) is 23.8 Å². The van der Waals surface area contributed by atoms with Crippen LogP contribution in [0.15, 0.2) is 0 Å². The average molecular weight is 288 g/mol. The lowest BCUT2D eigenvalue weighted by molar-refractivity contribution is -0.173. The Labute approximate surface area is 119 Å². The maximum Gasteiger partial charge on any atom is 0.322 e. The molecule has 0 aromatic carbocycles. The van der Waals surface area contributed by atoms with Crippen LogP contribution in [-0.4, -0.2) is 55.5 Å². The van der Waals surface area contributed by atoms with Crippen LogP contribution in [0.1, 0.15) is 33.6 Å². The van der Waals surface area contributed by atoms with E-state index in [1.165, 1.54) is 0 Å². The molecule has 0 aromatic heterocycles. The Hall–Kier alpha value is -0.980. The normalized spacial score (nSPS) is 24.8. The molecule has 0 saturated carbocycles. The molecule has 0 aromatic rings. The minimum atomic E-state index is -1.39. The summed E-state index contributed by atoms with van der Waals surface area (Å²) >= 11 is 0. The molecule has 0 bridgehead atoms. The highest BCUT2D eigenvalue weighted by Gasteiger charge is 2.50. The zero-order chi connectivity index (χ0) is 15.2. The molecule has 1 N–H and O–H groups in total. The van der Waals surface area contributed by atoms with Crippen molar-refractivity contribution in [2.45, 2.75) is 45.8 Å². The number of esters is 1. The maximum atomic E-state index is 12.2. The van der Waals surface area contributed by atoms with E-state index in [1.54, 1.807) is 6.92 Å². The smallest absolute Gasteiger partial charge is 0.322 e. The number of ketones is 1. The number of ether oxygens (including phenoxy) is 3. The predicted octanol–water partition coefficient (Wildman–Crippen LogP) is 0.701. The summed E-state index contributed by atoms with van der Waals surface area (Å²) in [6.45, 7) is 5.91. The Morgan fingerprint density at radius 2 is 2.20 bits per heavy atom. The van der Waals surface area contributed by atoms with Crippen LogP contribution in [0.5, 0.6) is 0 Å². The van der Waals surface area contributed by atoms with Crippen LogP contribution in [0.2, 0.25) is 0 Å². The van der Waals surface area contributed by atoms with Crippen molar-refractivity contribution in [3.8, 4) is 0 Å². The van der Waals surface area contributed by atoms with Gasteiger partial charge < -0.3 is 19.3 Å². The Bertz CT molecular complexity index is 341. The lowest BCUT2D eigenvalue weighted by Gasteiger charge is -2.34. The summed E-state index contributed by atoms with van der Waals surface area (Å²) in [4.78, 5) is 24.3. The van der Waals surface area contributed by atoms with Crippen LogP contribution in [0.3, 0.4) is 0 Å². The Morgan fingerprint density at radius 3 is 2.75 bits per heavy atom. The van der Waals surface area contributed by atoms with Crippen molar-refractivity contribution in [2.75, 3.05) is 26.4 Å². The number of aliphatic hydroxyl groups excluding tert-OH is 1. The second-order valence-corrected chi connectivity index (χ2v) is 5.27. The molecule has 6 nitrogen and oxygen atoms in total. The molecule has 1 saturated heterocycles. The Balaban J connectivity index is 2.77. The Kier molecular flexibility index (Phi) is 6.58. The molecule has 0 radical (unpaired) electrons. The first-order valence-electron chi connectivity index (χ1n) is 7.00. The van der Waals surface area contributed by atoms with Crippen molar-refractivity contribution in [3.63, 3.8) is 0 Å². The van der Waals surface area contributed by atoms with Crippen LogP contribution in [0.25, 0.3) is 0 Å². The van der Waals surface area contributed by atoms with Gasteiger partial charge in [-0.3, -0.25) is 9.59 Å². The van der Waals surface area contributed by atoms with Crippen molar-refractivity contribution in [1.82, 2.24) is 0 Å². The van der Waals surface area contributed by atoms with E-state index in [4.69, 9.17) is 14.2 Å². The summed E-state index contributed by atoms with van der Waals surface area (Å²) in [6.07, 6.45) is -0.803. The van der Waals surface area contributed by atoms with E-state index >= 15 is 0 Å². The van der Waals surface area contributed by atoms with Crippen LogP contribution < -0.4 is 0 Å². The monoisotopic (exact) mass is 288 g/mol. The fourth-order valence-electron chi connectivity index (χ4n) is 2.19. The van der Waals surface area contributed by atoms with Crippen molar-refractivity contribution in [2.24, 2.45) is 5.41 Å².